The molecular weight excluding hydrogens is 339 g/mol. The molecular formula is C17H11Cl3N2. The SMILES string of the molecule is N#CC[C@@H](c1ccc(Cl)cc1)[C@@H](C#N)c1ccc(Cl)cc1Cl. The second-order valence-electron chi connectivity index (χ2n) is 4.79. The van der Waals surface area contributed by atoms with Gasteiger partial charge in [0.1, 0.15) is 0 Å². The van der Waals surface area contributed by atoms with Gasteiger partial charge in [0.2, 0.25) is 0 Å². The Hall–Kier alpha value is -1.71. The molecule has 0 aromatic heterocycles. The summed E-state index contributed by atoms with van der Waals surface area (Å²) in [6.45, 7) is 0. The van der Waals surface area contributed by atoms with Crippen LogP contribution in [0, 0.1) is 22.7 Å². The van der Waals surface area contributed by atoms with Gasteiger partial charge in [-0.1, -0.05) is 53.0 Å². The van der Waals surface area contributed by atoms with Crippen LogP contribution in [0.25, 0.3) is 0 Å². The molecule has 2 nitrogen and oxygen atoms in total. The summed E-state index contributed by atoms with van der Waals surface area (Å²) in [5, 5.41) is 20.3. The van der Waals surface area contributed by atoms with Crippen LogP contribution < -0.4 is 0 Å². The number of hydrogen-bond acceptors (Lipinski definition) is 2. The van der Waals surface area contributed by atoms with E-state index >= 15 is 0 Å². The van der Waals surface area contributed by atoms with Crippen molar-refractivity contribution in [1.29, 1.82) is 10.5 Å². The maximum absolute atomic E-state index is 9.61. The fourth-order valence-electron chi connectivity index (χ4n) is 2.37. The molecule has 0 N–H and O–H groups in total. The topological polar surface area (TPSA) is 47.6 Å². The summed E-state index contributed by atoms with van der Waals surface area (Å²) in [6, 6.07) is 16.6. The molecule has 110 valence electrons. The third kappa shape index (κ3) is 3.73. The number of benzene rings is 2. The van der Waals surface area contributed by atoms with E-state index in [0.717, 1.165) is 5.56 Å². The smallest absolute Gasteiger partial charge is 0.0805 e. The van der Waals surface area contributed by atoms with Gasteiger partial charge < -0.3 is 0 Å². The predicted octanol–water partition coefficient (Wildman–Crippen LogP) is 5.95. The van der Waals surface area contributed by atoms with Gasteiger partial charge in [0, 0.05) is 27.4 Å². The molecule has 0 fully saturated rings. The van der Waals surface area contributed by atoms with E-state index in [1.54, 1.807) is 30.3 Å². The van der Waals surface area contributed by atoms with Crippen LogP contribution in [0.15, 0.2) is 42.5 Å². The van der Waals surface area contributed by atoms with Gasteiger partial charge in [-0.05, 0) is 35.4 Å². The van der Waals surface area contributed by atoms with Crippen molar-refractivity contribution in [2.24, 2.45) is 0 Å². The fraction of sp³-hybridized carbons (Fsp3) is 0.176. The predicted molar refractivity (Wildman–Crippen MR) is 89.2 cm³/mol. The largest absolute Gasteiger partial charge is 0.198 e. The lowest BCUT2D eigenvalue weighted by atomic mass is 9.80. The average molecular weight is 350 g/mol. The zero-order valence-electron chi connectivity index (χ0n) is 11.4. The van der Waals surface area contributed by atoms with E-state index in [9.17, 15) is 5.26 Å². The highest BCUT2D eigenvalue weighted by atomic mass is 35.5. The molecule has 0 heterocycles. The van der Waals surface area contributed by atoms with Crippen molar-refractivity contribution in [3.8, 4) is 12.1 Å². The van der Waals surface area contributed by atoms with Crippen LogP contribution in [0.5, 0.6) is 0 Å². The Balaban J connectivity index is 2.47. The number of rotatable bonds is 4. The molecule has 0 saturated heterocycles. The van der Waals surface area contributed by atoms with Gasteiger partial charge in [0.05, 0.1) is 18.1 Å². The third-order valence-electron chi connectivity index (χ3n) is 3.45. The van der Waals surface area contributed by atoms with Crippen LogP contribution in [0.4, 0.5) is 0 Å². The fourth-order valence-corrected chi connectivity index (χ4v) is 3.02. The Morgan fingerprint density at radius 1 is 0.909 bits per heavy atom. The molecule has 0 aliphatic heterocycles. The van der Waals surface area contributed by atoms with Gasteiger partial charge >= 0.3 is 0 Å². The van der Waals surface area contributed by atoms with E-state index in [-0.39, 0.29) is 12.3 Å². The summed E-state index contributed by atoms with van der Waals surface area (Å²) in [4.78, 5) is 0. The summed E-state index contributed by atoms with van der Waals surface area (Å²) < 4.78 is 0. The molecule has 0 aliphatic rings. The molecule has 2 rings (SSSR count). The molecule has 2 aromatic rings. The molecule has 0 spiro atoms. The highest BCUT2D eigenvalue weighted by Crippen LogP contribution is 2.39. The van der Waals surface area contributed by atoms with Crippen LogP contribution in [0.3, 0.4) is 0 Å². The van der Waals surface area contributed by atoms with Crippen molar-refractivity contribution in [2.75, 3.05) is 0 Å². The Bertz CT molecular complexity index is 742. The van der Waals surface area contributed by atoms with E-state index in [2.05, 4.69) is 12.1 Å². The second kappa shape index (κ2) is 7.52. The van der Waals surface area contributed by atoms with Crippen LogP contribution in [0.2, 0.25) is 15.1 Å². The number of halogens is 3. The highest BCUT2D eigenvalue weighted by molar-refractivity contribution is 6.35. The molecule has 2 atom stereocenters. The molecule has 22 heavy (non-hydrogen) atoms. The Kier molecular flexibility index (Phi) is 5.69. The first-order valence-corrected chi connectivity index (χ1v) is 7.67. The maximum atomic E-state index is 9.61. The molecule has 0 radical (unpaired) electrons. The second-order valence-corrected chi connectivity index (χ2v) is 6.07. The first kappa shape index (κ1) is 16.7. The van der Waals surface area contributed by atoms with E-state index in [1.165, 1.54) is 0 Å². The van der Waals surface area contributed by atoms with Crippen molar-refractivity contribution < 1.29 is 0 Å². The van der Waals surface area contributed by atoms with Gasteiger partial charge in [0.15, 0.2) is 0 Å². The molecule has 0 bridgehead atoms. The van der Waals surface area contributed by atoms with Crippen molar-refractivity contribution in [3.63, 3.8) is 0 Å². The van der Waals surface area contributed by atoms with E-state index < -0.39 is 5.92 Å². The van der Waals surface area contributed by atoms with Crippen molar-refractivity contribution in [1.82, 2.24) is 0 Å². The Morgan fingerprint density at radius 2 is 1.55 bits per heavy atom. The molecule has 0 unspecified atom stereocenters. The summed E-state index contributed by atoms with van der Waals surface area (Å²) in [5.41, 5.74) is 1.55. The van der Waals surface area contributed by atoms with Gasteiger partial charge in [-0.25, -0.2) is 0 Å². The molecule has 2 aromatic carbocycles. The standard InChI is InChI=1S/C17H11Cl3N2/c18-12-3-1-11(2-4-12)14(7-8-21)16(10-22)15-6-5-13(19)9-17(15)20/h1-6,9,14,16H,7H2/t14-,16+/m0/s1. The molecule has 0 aliphatic carbocycles. The normalized spacial score (nSPS) is 13.0. The first-order valence-electron chi connectivity index (χ1n) is 6.53. The average Bonchev–Trinajstić information content (AvgIpc) is 2.50. The maximum Gasteiger partial charge on any atom is 0.0805 e. The van der Waals surface area contributed by atoms with E-state index in [4.69, 9.17) is 40.1 Å². The van der Waals surface area contributed by atoms with E-state index in [1.807, 2.05) is 12.1 Å². The van der Waals surface area contributed by atoms with Crippen LogP contribution >= 0.6 is 34.8 Å². The van der Waals surface area contributed by atoms with Crippen molar-refractivity contribution >= 4 is 34.8 Å². The van der Waals surface area contributed by atoms with Gasteiger partial charge in [0.25, 0.3) is 0 Å². The summed E-state index contributed by atoms with van der Waals surface area (Å²) >= 11 is 18.0. The zero-order chi connectivity index (χ0) is 16.1. The van der Waals surface area contributed by atoms with Crippen molar-refractivity contribution in [3.05, 3.63) is 68.7 Å². The number of hydrogen-bond donors (Lipinski definition) is 0. The van der Waals surface area contributed by atoms with Crippen LogP contribution in [-0.2, 0) is 0 Å². The van der Waals surface area contributed by atoms with Gasteiger partial charge in [-0.3, -0.25) is 0 Å². The lowest BCUT2D eigenvalue weighted by molar-refractivity contribution is 0.641. The lowest BCUT2D eigenvalue weighted by Gasteiger charge is -2.21. The minimum absolute atomic E-state index is 0.207. The lowest BCUT2D eigenvalue weighted by Crippen LogP contribution is -2.10. The third-order valence-corrected chi connectivity index (χ3v) is 4.26. The van der Waals surface area contributed by atoms with Crippen molar-refractivity contribution in [2.45, 2.75) is 18.3 Å². The quantitative estimate of drug-likeness (QED) is 0.684. The zero-order valence-corrected chi connectivity index (χ0v) is 13.7. The van der Waals surface area contributed by atoms with Crippen LogP contribution in [0.1, 0.15) is 29.4 Å². The van der Waals surface area contributed by atoms with Gasteiger partial charge in [-0.2, -0.15) is 10.5 Å². The summed E-state index contributed by atoms with van der Waals surface area (Å²) in [6.07, 6.45) is 0.207. The molecule has 0 saturated carbocycles. The van der Waals surface area contributed by atoms with Gasteiger partial charge in [-0.15, -0.1) is 0 Å². The number of nitrogens with zero attached hydrogens (tertiary/aromatic N) is 2. The monoisotopic (exact) mass is 348 g/mol. The number of nitriles is 2. The summed E-state index contributed by atoms with van der Waals surface area (Å²) in [7, 11) is 0. The first-order chi connectivity index (χ1) is 10.6. The minimum Gasteiger partial charge on any atom is -0.198 e. The molecule has 0 amide bonds. The molecule has 5 heteroatoms. The van der Waals surface area contributed by atoms with Crippen LogP contribution in [-0.4, -0.2) is 0 Å². The summed E-state index contributed by atoms with van der Waals surface area (Å²) in [5.74, 6) is -0.823. The Morgan fingerprint density at radius 3 is 2.09 bits per heavy atom. The Labute approximate surface area is 144 Å². The minimum atomic E-state index is -0.536. The van der Waals surface area contributed by atoms with E-state index in [0.29, 0.717) is 20.6 Å². The highest BCUT2D eigenvalue weighted by Gasteiger charge is 2.26.